The van der Waals surface area contributed by atoms with Crippen LogP contribution >= 0.6 is 11.6 Å². The number of quaternary nitrogens is 1. The molecule has 6 nitrogen and oxygen atoms in total. The van der Waals surface area contributed by atoms with Crippen LogP contribution in [-0.4, -0.2) is 16.0 Å². The molecule has 2 aromatic heterocycles. The van der Waals surface area contributed by atoms with E-state index < -0.39 is 11.0 Å². The van der Waals surface area contributed by atoms with Crippen LogP contribution in [0.3, 0.4) is 0 Å². The topological polar surface area (TPSA) is 83.5 Å². The molecule has 5 rings (SSSR count). The number of amides is 1. The minimum Gasteiger partial charge on any atom is -0.621 e. The van der Waals surface area contributed by atoms with Gasteiger partial charge < -0.3 is 9.73 Å². The monoisotopic (exact) mass is 441 g/mol. The Hall–Kier alpha value is -3.84. The number of aromatic nitrogens is 2. The highest BCUT2D eigenvalue weighted by molar-refractivity contribution is 6.33. The van der Waals surface area contributed by atoms with Gasteiger partial charge in [-0.1, -0.05) is 71.4 Å². The molecule has 1 N–H and O–H groups in total. The molecule has 0 spiro atoms. The summed E-state index contributed by atoms with van der Waals surface area (Å²) in [4.78, 5) is 17.3. The van der Waals surface area contributed by atoms with Gasteiger partial charge in [0.1, 0.15) is 11.4 Å². The molecule has 3 aromatic carbocycles. The lowest BCUT2D eigenvalue weighted by atomic mass is 10.0. The van der Waals surface area contributed by atoms with Crippen LogP contribution in [0.4, 0.5) is 5.69 Å². The molecule has 2 heterocycles. The number of rotatable bonds is 4. The lowest BCUT2D eigenvalue weighted by molar-refractivity contribution is -0.680. The molecule has 0 aliphatic carbocycles. The molecule has 5 aromatic rings. The van der Waals surface area contributed by atoms with Crippen molar-refractivity contribution in [3.8, 4) is 22.5 Å². The van der Waals surface area contributed by atoms with Crippen molar-refractivity contribution in [2.75, 3.05) is 0 Å². The molecule has 0 bridgehead atoms. The smallest absolute Gasteiger partial charge is 0.387 e. The fraction of sp³-hybridized carbons (Fsp3) is 0. The Balaban J connectivity index is 1.49. The van der Waals surface area contributed by atoms with E-state index in [1.165, 1.54) is 12.1 Å². The van der Waals surface area contributed by atoms with Crippen LogP contribution in [-0.2, 0) is 0 Å². The third kappa shape index (κ3) is 3.67. The van der Waals surface area contributed by atoms with Gasteiger partial charge in [-0.3, -0.25) is 10.0 Å². The van der Waals surface area contributed by atoms with Gasteiger partial charge in [-0.25, -0.2) is 4.79 Å². The number of carbonyl (C=O) groups is 1. The van der Waals surface area contributed by atoms with E-state index in [1.54, 1.807) is 18.3 Å². The van der Waals surface area contributed by atoms with Gasteiger partial charge in [0, 0.05) is 40.9 Å². The van der Waals surface area contributed by atoms with E-state index in [1.807, 2.05) is 60.7 Å². The first-order chi connectivity index (χ1) is 15.6. The van der Waals surface area contributed by atoms with Crippen molar-refractivity contribution in [1.82, 2.24) is 10.1 Å². The summed E-state index contributed by atoms with van der Waals surface area (Å²) in [7, 11) is 0. The average molecular weight is 442 g/mol. The maximum absolute atomic E-state index is 12.9. The highest BCUT2D eigenvalue weighted by Gasteiger charge is 2.24. The van der Waals surface area contributed by atoms with Crippen molar-refractivity contribution >= 4 is 34.0 Å². The van der Waals surface area contributed by atoms with E-state index in [-0.39, 0.29) is 11.4 Å². The second kappa shape index (κ2) is 8.36. The number of fused-ring (bicyclic) bond motifs is 1. The Kier molecular flexibility index (Phi) is 5.25. The third-order valence-corrected chi connectivity index (χ3v) is 5.50. The van der Waals surface area contributed by atoms with E-state index in [0.29, 0.717) is 22.0 Å². The lowest BCUT2D eigenvalue weighted by Crippen LogP contribution is -3.05. The zero-order valence-corrected chi connectivity index (χ0v) is 17.4. The SMILES string of the molecule is O=C(c1cc(-c2ccccc2)no1)[NH+]([O-])c1ccc(Cl)c(-c2nccc3ccccc23)c1. The van der Waals surface area contributed by atoms with Crippen LogP contribution in [0.5, 0.6) is 0 Å². The van der Waals surface area contributed by atoms with Gasteiger partial charge in [-0.2, -0.15) is 0 Å². The van der Waals surface area contributed by atoms with Crippen molar-refractivity contribution in [3.63, 3.8) is 0 Å². The number of hydrogen-bond acceptors (Lipinski definition) is 5. The van der Waals surface area contributed by atoms with Gasteiger partial charge in [-0.15, -0.1) is 0 Å². The highest BCUT2D eigenvalue weighted by atomic mass is 35.5. The van der Waals surface area contributed by atoms with E-state index in [9.17, 15) is 10.0 Å². The molecule has 156 valence electrons. The van der Waals surface area contributed by atoms with Gasteiger partial charge in [0.05, 0.1) is 10.7 Å². The van der Waals surface area contributed by atoms with Crippen LogP contribution in [0.15, 0.2) is 95.6 Å². The molecule has 0 saturated heterocycles. The zero-order chi connectivity index (χ0) is 22.1. The van der Waals surface area contributed by atoms with E-state index >= 15 is 0 Å². The molecule has 32 heavy (non-hydrogen) atoms. The maximum atomic E-state index is 12.9. The van der Waals surface area contributed by atoms with Crippen molar-refractivity contribution in [3.05, 3.63) is 107 Å². The molecule has 0 saturated carbocycles. The molecular weight excluding hydrogens is 426 g/mol. The number of nitrogens with one attached hydrogen (secondary N) is 1. The first-order valence-corrected chi connectivity index (χ1v) is 10.2. The standard InChI is InChI=1S/C25H16ClN3O3/c26-21-11-10-18(14-20(21)24-19-9-5-4-6-16(19)12-13-27-24)29(31)25(30)23-15-22(28-32-23)17-7-2-1-3-8-17/h1-15,29H. The normalized spacial score (nSPS) is 12.1. The number of hydroxylamine groups is 1. The average Bonchev–Trinajstić information content (AvgIpc) is 3.34. The van der Waals surface area contributed by atoms with Gasteiger partial charge in [0.15, 0.2) is 0 Å². The van der Waals surface area contributed by atoms with Gasteiger partial charge in [-0.05, 0) is 17.5 Å². The minimum absolute atomic E-state index is 0.117. The summed E-state index contributed by atoms with van der Waals surface area (Å²) in [6, 6.07) is 25.1. The number of benzene rings is 3. The molecule has 1 atom stereocenters. The van der Waals surface area contributed by atoms with Crippen LogP contribution < -0.4 is 5.06 Å². The van der Waals surface area contributed by atoms with E-state index in [2.05, 4.69) is 10.1 Å². The molecular formula is C25H16ClN3O3. The molecule has 0 aliphatic rings. The van der Waals surface area contributed by atoms with Crippen molar-refractivity contribution < 1.29 is 14.4 Å². The van der Waals surface area contributed by atoms with Crippen molar-refractivity contribution in [2.24, 2.45) is 0 Å². The fourth-order valence-corrected chi connectivity index (χ4v) is 3.76. The second-order valence-electron chi connectivity index (χ2n) is 7.18. The number of nitrogens with zero attached hydrogens (tertiary/aromatic N) is 2. The number of halogens is 1. The molecule has 7 heteroatoms. The summed E-state index contributed by atoms with van der Waals surface area (Å²) in [5.41, 5.74) is 2.68. The summed E-state index contributed by atoms with van der Waals surface area (Å²) >= 11 is 6.44. The Morgan fingerprint density at radius 2 is 1.72 bits per heavy atom. The minimum atomic E-state index is -0.779. The number of carbonyl (C=O) groups excluding carboxylic acids is 1. The van der Waals surface area contributed by atoms with Crippen molar-refractivity contribution in [1.29, 1.82) is 0 Å². The largest absolute Gasteiger partial charge is 0.621 e. The Morgan fingerprint density at radius 1 is 0.938 bits per heavy atom. The number of pyridine rings is 1. The Bertz CT molecular complexity index is 1430. The lowest BCUT2D eigenvalue weighted by Gasteiger charge is -2.19. The summed E-state index contributed by atoms with van der Waals surface area (Å²) in [6.45, 7) is 0. The van der Waals surface area contributed by atoms with Gasteiger partial charge in [0.25, 0.3) is 5.76 Å². The first-order valence-electron chi connectivity index (χ1n) is 9.86. The maximum Gasteiger partial charge on any atom is 0.387 e. The van der Waals surface area contributed by atoms with Crippen LogP contribution in [0.2, 0.25) is 5.02 Å². The third-order valence-electron chi connectivity index (χ3n) is 5.17. The molecule has 0 fully saturated rings. The van der Waals surface area contributed by atoms with Gasteiger partial charge in [0.2, 0.25) is 0 Å². The van der Waals surface area contributed by atoms with Crippen LogP contribution in [0.25, 0.3) is 33.3 Å². The number of hydrogen-bond donors (Lipinski definition) is 1. The Morgan fingerprint density at radius 3 is 2.56 bits per heavy atom. The summed E-state index contributed by atoms with van der Waals surface area (Å²) in [5, 5.41) is 18.5. The first kappa shape index (κ1) is 20.1. The molecule has 1 amide bonds. The predicted octanol–water partition coefficient (Wildman–Crippen LogP) is 5.06. The van der Waals surface area contributed by atoms with Crippen molar-refractivity contribution in [2.45, 2.75) is 0 Å². The molecule has 1 unspecified atom stereocenters. The molecule has 0 aliphatic heterocycles. The Labute approximate surface area is 188 Å². The van der Waals surface area contributed by atoms with E-state index in [4.69, 9.17) is 16.1 Å². The van der Waals surface area contributed by atoms with E-state index in [0.717, 1.165) is 16.3 Å². The molecule has 0 radical (unpaired) electrons. The fourth-order valence-electron chi connectivity index (χ4n) is 3.55. The summed E-state index contributed by atoms with van der Waals surface area (Å²) in [6.07, 6.45) is 1.69. The zero-order valence-electron chi connectivity index (χ0n) is 16.7. The quantitative estimate of drug-likeness (QED) is 0.394. The van der Waals surface area contributed by atoms with Gasteiger partial charge >= 0.3 is 5.91 Å². The second-order valence-corrected chi connectivity index (χ2v) is 7.58. The highest BCUT2D eigenvalue weighted by Crippen LogP contribution is 2.33. The van der Waals surface area contributed by atoms with Crippen LogP contribution in [0, 0.1) is 5.21 Å². The summed E-state index contributed by atoms with van der Waals surface area (Å²) < 4.78 is 5.16. The van der Waals surface area contributed by atoms with Crippen LogP contribution in [0.1, 0.15) is 10.6 Å². The predicted molar refractivity (Wildman–Crippen MR) is 122 cm³/mol. The summed E-state index contributed by atoms with van der Waals surface area (Å²) in [5.74, 6) is -0.896.